The van der Waals surface area contributed by atoms with Gasteiger partial charge in [0.25, 0.3) is 0 Å². The molecule has 146 valence electrons. The lowest BCUT2D eigenvalue weighted by atomic mass is 9.94. The summed E-state index contributed by atoms with van der Waals surface area (Å²) in [5, 5.41) is 13.9. The third-order valence-corrected chi connectivity index (χ3v) is 4.83. The summed E-state index contributed by atoms with van der Waals surface area (Å²) >= 11 is 0. The van der Waals surface area contributed by atoms with Crippen LogP contribution in [0, 0.1) is 11.3 Å². The first-order valence-electron chi connectivity index (χ1n) is 9.45. The van der Waals surface area contributed by atoms with Crippen LogP contribution in [0.3, 0.4) is 0 Å². The van der Waals surface area contributed by atoms with E-state index in [2.05, 4.69) is 11.4 Å². The van der Waals surface area contributed by atoms with Crippen LogP contribution in [-0.4, -0.2) is 6.09 Å². The maximum Gasteiger partial charge on any atom is 0.411 e. The summed E-state index contributed by atoms with van der Waals surface area (Å²) in [6.07, 6.45) is -0.553. The molecule has 0 fully saturated rings. The van der Waals surface area contributed by atoms with Gasteiger partial charge in [0.15, 0.2) is 0 Å². The van der Waals surface area contributed by atoms with E-state index in [4.69, 9.17) is 15.7 Å². The molecule has 0 atom stereocenters. The van der Waals surface area contributed by atoms with E-state index in [1.165, 1.54) is 0 Å². The van der Waals surface area contributed by atoms with Crippen molar-refractivity contribution in [3.05, 3.63) is 96.1 Å². The van der Waals surface area contributed by atoms with Crippen molar-refractivity contribution in [3.63, 3.8) is 0 Å². The van der Waals surface area contributed by atoms with Crippen LogP contribution in [0.25, 0.3) is 21.9 Å². The molecule has 3 N–H and O–H groups in total. The highest BCUT2D eigenvalue weighted by atomic mass is 16.5. The maximum absolute atomic E-state index is 12.5. The van der Waals surface area contributed by atoms with Gasteiger partial charge in [-0.25, -0.2) is 4.79 Å². The molecule has 0 aliphatic heterocycles. The van der Waals surface area contributed by atoms with Gasteiger partial charge in [-0.3, -0.25) is 5.32 Å². The molecular formula is C25H19N3O2. The van der Waals surface area contributed by atoms with E-state index in [0.29, 0.717) is 16.9 Å². The van der Waals surface area contributed by atoms with Gasteiger partial charge < -0.3 is 10.5 Å². The van der Waals surface area contributed by atoms with Gasteiger partial charge in [-0.05, 0) is 34.5 Å². The SMILES string of the molecule is N#Cc1ccc(-c2c(NC(=O)OCc3ccccc3)ccc3ccccc23)c(N)c1. The lowest BCUT2D eigenvalue weighted by Crippen LogP contribution is -2.14. The lowest BCUT2D eigenvalue weighted by Gasteiger charge is -2.16. The monoisotopic (exact) mass is 393 g/mol. The first-order chi connectivity index (χ1) is 14.7. The molecule has 4 aromatic rings. The highest BCUT2D eigenvalue weighted by Crippen LogP contribution is 2.38. The number of anilines is 2. The Morgan fingerprint density at radius 3 is 2.50 bits per heavy atom. The number of amides is 1. The topological polar surface area (TPSA) is 88.1 Å². The fraction of sp³-hybridized carbons (Fsp3) is 0.0400. The Morgan fingerprint density at radius 1 is 0.967 bits per heavy atom. The number of benzene rings is 4. The number of carbonyl (C=O) groups excluding carboxylic acids is 1. The van der Waals surface area contributed by atoms with Crippen molar-refractivity contribution in [1.29, 1.82) is 5.26 Å². The summed E-state index contributed by atoms with van der Waals surface area (Å²) in [6.45, 7) is 0.175. The van der Waals surface area contributed by atoms with Crippen LogP contribution in [0.1, 0.15) is 11.1 Å². The number of hydrogen-bond donors (Lipinski definition) is 2. The Bertz CT molecular complexity index is 1260. The Morgan fingerprint density at radius 2 is 1.73 bits per heavy atom. The molecule has 30 heavy (non-hydrogen) atoms. The second kappa shape index (κ2) is 8.38. The quantitative estimate of drug-likeness (QED) is 0.435. The fourth-order valence-corrected chi connectivity index (χ4v) is 3.39. The number of nitrogens with one attached hydrogen (secondary N) is 1. The Kier molecular flexibility index (Phi) is 5.31. The highest BCUT2D eigenvalue weighted by Gasteiger charge is 2.15. The predicted octanol–water partition coefficient (Wildman–Crippen LogP) is 5.71. The summed E-state index contributed by atoms with van der Waals surface area (Å²) in [4.78, 5) is 12.5. The molecule has 0 radical (unpaired) electrons. The van der Waals surface area contributed by atoms with Gasteiger partial charge in [0.05, 0.1) is 17.3 Å². The molecule has 0 aliphatic carbocycles. The van der Waals surface area contributed by atoms with E-state index >= 15 is 0 Å². The average Bonchev–Trinajstić information content (AvgIpc) is 2.78. The Hall–Kier alpha value is -4.30. The van der Waals surface area contributed by atoms with Crippen molar-refractivity contribution >= 4 is 28.2 Å². The molecule has 1 amide bonds. The van der Waals surface area contributed by atoms with Gasteiger partial charge in [-0.15, -0.1) is 0 Å². The first-order valence-corrected chi connectivity index (χ1v) is 9.45. The number of carbonyl (C=O) groups is 1. The molecule has 0 bridgehead atoms. The van der Waals surface area contributed by atoms with Gasteiger partial charge >= 0.3 is 6.09 Å². The van der Waals surface area contributed by atoms with Crippen LogP contribution < -0.4 is 11.1 Å². The van der Waals surface area contributed by atoms with Crippen LogP contribution >= 0.6 is 0 Å². The predicted molar refractivity (Wildman–Crippen MR) is 119 cm³/mol. The number of ether oxygens (including phenoxy) is 1. The Labute approximate surface area is 174 Å². The van der Waals surface area contributed by atoms with E-state index < -0.39 is 6.09 Å². The lowest BCUT2D eigenvalue weighted by molar-refractivity contribution is 0.155. The van der Waals surface area contributed by atoms with E-state index in [9.17, 15) is 4.79 Å². The minimum atomic E-state index is -0.553. The summed E-state index contributed by atoms with van der Waals surface area (Å²) < 4.78 is 5.38. The van der Waals surface area contributed by atoms with Crippen molar-refractivity contribution in [2.24, 2.45) is 0 Å². The molecule has 0 aliphatic rings. The zero-order valence-electron chi connectivity index (χ0n) is 16.1. The molecule has 0 spiro atoms. The molecule has 0 unspecified atom stereocenters. The first kappa shape index (κ1) is 19.0. The zero-order chi connectivity index (χ0) is 20.9. The van der Waals surface area contributed by atoms with Crippen molar-refractivity contribution < 1.29 is 9.53 Å². The van der Waals surface area contributed by atoms with Crippen LogP contribution in [0.15, 0.2) is 84.9 Å². The number of nitrogens with two attached hydrogens (primary N) is 1. The zero-order valence-corrected chi connectivity index (χ0v) is 16.1. The number of hydrogen-bond acceptors (Lipinski definition) is 4. The standard InChI is InChI=1S/C25H19N3O2/c26-15-18-10-12-21(22(27)14-18)24-20-9-5-4-8-19(20)11-13-23(24)28-25(29)30-16-17-6-2-1-3-7-17/h1-14H,16,27H2,(H,28,29). The van der Waals surface area contributed by atoms with Crippen molar-refractivity contribution in [3.8, 4) is 17.2 Å². The molecule has 0 saturated heterocycles. The van der Waals surface area contributed by atoms with E-state index in [1.54, 1.807) is 18.2 Å². The minimum Gasteiger partial charge on any atom is -0.444 e. The highest BCUT2D eigenvalue weighted by molar-refractivity contribution is 6.07. The smallest absolute Gasteiger partial charge is 0.411 e. The summed E-state index contributed by atoms with van der Waals surface area (Å²) in [7, 11) is 0. The molecule has 0 aromatic heterocycles. The summed E-state index contributed by atoms with van der Waals surface area (Å²) in [5.74, 6) is 0. The fourth-order valence-electron chi connectivity index (χ4n) is 3.39. The number of rotatable bonds is 4. The van der Waals surface area contributed by atoms with Crippen LogP contribution in [-0.2, 0) is 11.3 Å². The third-order valence-electron chi connectivity index (χ3n) is 4.83. The largest absolute Gasteiger partial charge is 0.444 e. The molecule has 0 heterocycles. The van der Waals surface area contributed by atoms with Gasteiger partial charge in [0.1, 0.15) is 6.61 Å². The van der Waals surface area contributed by atoms with Gasteiger partial charge in [0.2, 0.25) is 0 Å². The molecule has 0 saturated carbocycles. The molecular weight excluding hydrogens is 374 g/mol. The number of nitriles is 1. The third kappa shape index (κ3) is 3.94. The second-order valence-electron chi connectivity index (χ2n) is 6.81. The van der Waals surface area contributed by atoms with Crippen LogP contribution in [0.5, 0.6) is 0 Å². The van der Waals surface area contributed by atoms with E-state index in [0.717, 1.165) is 27.5 Å². The van der Waals surface area contributed by atoms with E-state index in [1.807, 2.05) is 66.7 Å². The van der Waals surface area contributed by atoms with Crippen molar-refractivity contribution in [1.82, 2.24) is 0 Å². The van der Waals surface area contributed by atoms with Crippen molar-refractivity contribution in [2.45, 2.75) is 6.61 Å². The Balaban J connectivity index is 1.70. The molecule has 4 rings (SSSR count). The van der Waals surface area contributed by atoms with E-state index in [-0.39, 0.29) is 6.61 Å². The summed E-state index contributed by atoms with van der Waals surface area (Å²) in [6, 6.07) is 28.4. The minimum absolute atomic E-state index is 0.175. The molecule has 5 heteroatoms. The maximum atomic E-state index is 12.5. The van der Waals surface area contributed by atoms with Gasteiger partial charge in [0, 0.05) is 16.8 Å². The number of nitrogens with zero attached hydrogens (tertiary/aromatic N) is 1. The molecule has 5 nitrogen and oxygen atoms in total. The normalized spacial score (nSPS) is 10.4. The number of nitrogen functional groups attached to an aromatic ring is 1. The van der Waals surface area contributed by atoms with Gasteiger partial charge in [-0.2, -0.15) is 5.26 Å². The average molecular weight is 393 g/mol. The summed E-state index contributed by atoms with van der Waals surface area (Å²) in [5.41, 5.74) is 10.2. The molecule has 4 aromatic carbocycles. The number of fused-ring (bicyclic) bond motifs is 1. The van der Waals surface area contributed by atoms with Crippen LogP contribution in [0.2, 0.25) is 0 Å². The van der Waals surface area contributed by atoms with Crippen LogP contribution in [0.4, 0.5) is 16.2 Å². The second-order valence-corrected chi connectivity index (χ2v) is 6.81. The van der Waals surface area contributed by atoms with Crippen molar-refractivity contribution in [2.75, 3.05) is 11.1 Å². The van der Waals surface area contributed by atoms with Gasteiger partial charge in [-0.1, -0.05) is 66.7 Å².